The lowest BCUT2D eigenvalue weighted by Gasteiger charge is -2.31. The zero-order valence-electron chi connectivity index (χ0n) is 19.0. The van der Waals surface area contributed by atoms with Crippen molar-refractivity contribution in [3.63, 3.8) is 0 Å². The molecule has 34 heavy (non-hydrogen) atoms. The highest BCUT2D eigenvalue weighted by Crippen LogP contribution is 2.27. The number of ether oxygens (including phenoxy) is 1. The van der Waals surface area contributed by atoms with Crippen LogP contribution >= 0.6 is 23.2 Å². The van der Waals surface area contributed by atoms with Gasteiger partial charge in [-0.2, -0.15) is 0 Å². The molecule has 5 nitrogen and oxygen atoms in total. The zero-order chi connectivity index (χ0) is 24.3. The minimum atomic E-state index is -0.720. The number of nitrogens with zero attached hydrogens (tertiary/aromatic N) is 1. The SMILES string of the molecule is CNC(=O)C(Cc1ccccc1)N(Cc1c(Cl)cccc1Cl)C(=O)CCCOc1ccccc1. The van der Waals surface area contributed by atoms with Crippen LogP contribution in [-0.4, -0.2) is 36.4 Å². The summed E-state index contributed by atoms with van der Waals surface area (Å²) in [6, 6.07) is 23.5. The standard InChI is InChI=1S/C27H28Cl2N2O3/c1-30-27(33)25(18-20-10-4-2-5-11-20)31(19-22-23(28)14-8-15-24(22)29)26(32)16-9-17-34-21-12-6-3-7-13-21/h2-8,10-15,25H,9,16-19H2,1H3,(H,30,33). The van der Waals surface area contributed by atoms with Crippen LogP contribution in [0.1, 0.15) is 24.0 Å². The van der Waals surface area contributed by atoms with E-state index in [-0.39, 0.29) is 24.8 Å². The van der Waals surface area contributed by atoms with Crippen molar-refractivity contribution < 1.29 is 14.3 Å². The number of carbonyl (C=O) groups is 2. The van der Waals surface area contributed by atoms with Crippen molar-refractivity contribution in [1.29, 1.82) is 0 Å². The van der Waals surface area contributed by atoms with Gasteiger partial charge < -0.3 is 15.0 Å². The fourth-order valence-corrected chi connectivity index (χ4v) is 4.17. The van der Waals surface area contributed by atoms with Gasteiger partial charge in [0, 0.05) is 42.0 Å². The van der Waals surface area contributed by atoms with Gasteiger partial charge in [-0.05, 0) is 36.2 Å². The van der Waals surface area contributed by atoms with Gasteiger partial charge in [0.15, 0.2) is 0 Å². The van der Waals surface area contributed by atoms with Gasteiger partial charge in [-0.1, -0.05) is 77.8 Å². The van der Waals surface area contributed by atoms with Crippen LogP contribution in [0.25, 0.3) is 0 Å². The molecule has 0 saturated heterocycles. The largest absolute Gasteiger partial charge is 0.494 e. The van der Waals surface area contributed by atoms with E-state index in [1.807, 2.05) is 60.7 Å². The van der Waals surface area contributed by atoms with E-state index >= 15 is 0 Å². The molecule has 1 unspecified atom stereocenters. The number of hydrogen-bond donors (Lipinski definition) is 1. The molecule has 0 aromatic heterocycles. The zero-order valence-corrected chi connectivity index (χ0v) is 20.6. The monoisotopic (exact) mass is 498 g/mol. The minimum Gasteiger partial charge on any atom is -0.494 e. The maximum Gasteiger partial charge on any atom is 0.242 e. The normalized spacial score (nSPS) is 11.5. The lowest BCUT2D eigenvalue weighted by atomic mass is 10.0. The van der Waals surface area contributed by atoms with Gasteiger partial charge in [-0.15, -0.1) is 0 Å². The van der Waals surface area contributed by atoms with Crippen LogP contribution in [0.4, 0.5) is 0 Å². The van der Waals surface area contributed by atoms with E-state index in [0.29, 0.717) is 35.1 Å². The summed E-state index contributed by atoms with van der Waals surface area (Å²) in [6.07, 6.45) is 1.10. The van der Waals surface area contributed by atoms with Crippen LogP contribution < -0.4 is 10.1 Å². The third-order valence-electron chi connectivity index (χ3n) is 5.45. The molecule has 0 fully saturated rings. The van der Waals surface area contributed by atoms with Crippen LogP contribution in [0.5, 0.6) is 5.75 Å². The van der Waals surface area contributed by atoms with Gasteiger partial charge in [0.25, 0.3) is 0 Å². The number of halogens is 2. The third-order valence-corrected chi connectivity index (χ3v) is 6.16. The molecule has 3 rings (SSSR count). The van der Waals surface area contributed by atoms with E-state index in [2.05, 4.69) is 5.32 Å². The molecule has 0 aliphatic carbocycles. The van der Waals surface area contributed by atoms with Crippen LogP contribution in [0, 0.1) is 0 Å². The Morgan fingerprint density at radius 2 is 1.53 bits per heavy atom. The number of likely N-dealkylation sites (N-methyl/N-ethyl adjacent to an activating group) is 1. The van der Waals surface area contributed by atoms with Crippen molar-refractivity contribution in [3.8, 4) is 5.75 Å². The molecule has 0 aliphatic heterocycles. The van der Waals surface area contributed by atoms with E-state index in [0.717, 1.165) is 11.3 Å². The highest BCUT2D eigenvalue weighted by Gasteiger charge is 2.30. The molecule has 0 spiro atoms. The van der Waals surface area contributed by atoms with Crippen LogP contribution in [0.15, 0.2) is 78.9 Å². The lowest BCUT2D eigenvalue weighted by Crippen LogP contribution is -2.49. The van der Waals surface area contributed by atoms with Gasteiger partial charge in [0.05, 0.1) is 6.61 Å². The predicted octanol–water partition coefficient (Wildman–Crippen LogP) is 5.54. The molecule has 1 atom stereocenters. The molecule has 3 aromatic carbocycles. The fraction of sp³-hybridized carbons (Fsp3) is 0.259. The van der Waals surface area contributed by atoms with Crippen molar-refractivity contribution in [3.05, 3.63) is 100 Å². The van der Waals surface area contributed by atoms with Gasteiger partial charge in [0.1, 0.15) is 11.8 Å². The van der Waals surface area contributed by atoms with Crippen molar-refractivity contribution in [2.45, 2.75) is 31.8 Å². The van der Waals surface area contributed by atoms with Crippen molar-refractivity contribution in [2.24, 2.45) is 0 Å². The molecule has 178 valence electrons. The van der Waals surface area contributed by atoms with Gasteiger partial charge in [-0.3, -0.25) is 9.59 Å². The number of benzene rings is 3. The Bertz CT molecular complexity index is 1060. The van der Waals surface area contributed by atoms with E-state index in [9.17, 15) is 9.59 Å². The first-order valence-corrected chi connectivity index (χ1v) is 11.9. The number of rotatable bonds is 11. The molecule has 0 radical (unpaired) electrons. The first kappa shape index (κ1) is 25.6. The maximum atomic E-state index is 13.4. The van der Waals surface area contributed by atoms with Crippen molar-refractivity contribution in [2.75, 3.05) is 13.7 Å². The molecular weight excluding hydrogens is 471 g/mol. The van der Waals surface area contributed by atoms with Crippen LogP contribution in [-0.2, 0) is 22.6 Å². The number of nitrogens with one attached hydrogen (secondary N) is 1. The lowest BCUT2D eigenvalue weighted by molar-refractivity contribution is -0.141. The molecule has 7 heteroatoms. The van der Waals surface area contributed by atoms with Crippen molar-refractivity contribution >= 4 is 35.0 Å². The van der Waals surface area contributed by atoms with Crippen LogP contribution in [0.2, 0.25) is 10.0 Å². The summed E-state index contributed by atoms with van der Waals surface area (Å²) in [7, 11) is 1.57. The summed E-state index contributed by atoms with van der Waals surface area (Å²) < 4.78 is 5.73. The predicted molar refractivity (Wildman–Crippen MR) is 136 cm³/mol. The fourth-order valence-electron chi connectivity index (χ4n) is 3.65. The summed E-state index contributed by atoms with van der Waals surface area (Å²) in [5.41, 5.74) is 1.56. The molecule has 2 amide bonds. The van der Waals surface area contributed by atoms with Gasteiger partial charge in [0.2, 0.25) is 11.8 Å². The number of para-hydroxylation sites is 1. The average molecular weight is 499 g/mol. The Morgan fingerprint density at radius 1 is 0.912 bits per heavy atom. The summed E-state index contributed by atoms with van der Waals surface area (Å²) in [5, 5.41) is 3.60. The number of hydrogen-bond acceptors (Lipinski definition) is 3. The Balaban J connectivity index is 1.80. The number of carbonyl (C=O) groups excluding carboxylic acids is 2. The second-order valence-electron chi connectivity index (χ2n) is 7.81. The maximum absolute atomic E-state index is 13.4. The minimum absolute atomic E-state index is 0.127. The Hall–Kier alpha value is -3.02. The molecular formula is C27H28Cl2N2O3. The Labute approximate surface area is 210 Å². The summed E-state index contributed by atoms with van der Waals surface area (Å²) in [5.74, 6) is 0.333. The first-order valence-electron chi connectivity index (χ1n) is 11.2. The van der Waals surface area contributed by atoms with E-state index < -0.39 is 6.04 Å². The van der Waals surface area contributed by atoms with Gasteiger partial charge in [-0.25, -0.2) is 0 Å². The quantitative estimate of drug-likeness (QED) is 0.353. The summed E-state index contributed by atoms with van der Waals surface area (Å²) in [4.78, 5) is 28.0. The first-order chi connectivity index (χ1) is 16.5. The van der Waals surface area contributed by atoms with E-state index in [1.54, 1.807) is 30.1 Å². The average Bonchev–Trinajstić information content (AvgIpc) is 2.86. The smallest absolute Gasteiger partial charge is 0.242 e. The third kappa shape index (κ3) is 7.24. The molecule has 0 heterocycles. The number of amides is 2. The second kappa shape index (κ2) is 13.0. The van der Waals surface area contributed by atoms with Crippen molar-refractivity contribution in [1.82, 2.24) is 10.2 Å². The van der Waals surface area contributed by atoms with Crippen LogP contribution in [0.3, 0.4) is 0 Å². The van der Waals surface area contributed by atoms with E-state index in [4.69, 9.17) is 27.9 Å². The highest BCUT2D eigenvalue weighted by atomic mass is 35.5. The topological polar surface area (TPSA) is 58.6 Å². The summed E-state index contributed by atoms with van der Waals surface area (Å²) in [6.45, 7) is 0.515. The Kier molecular flexibility index (Phi) is 9.80. The highest BCUT2D eigenvalue weighted by molar-refractivity contribution is 6.36. The van der Waals surface area contributed by atoms with Gasteiger partial charge >= 0.3 is 0 Å². The van der Waals surface area contributed by atoms with E-state index in [1.165, 1.54) is 0 Å². The molecule has 1 N–H and O–H groups in total. The molecule has 0 bridgehead atoms. The summed E-state index contributed by atoms with van der Waals surface area (Å²) >= 11 is 12.8. The molecule has 3 aromatic rings. The Morgan fingerprint density at radius 3 is 2.15 bits per heavy atom. The second-order valence-corrected chi connectivity index (χ2v) is 8.62. The molecule has 0 aliphatic rings. The molecule has 0 saturated carbocycles.